The lowest BCUT2D eigenvalue weighted by molar-refractivity contribution is 0.100. The zero-order valence-corrected chi connectivity index (χ0v) is 20.3. The number of amides is 1. The second-order valence-electron chi connectivity index (χ2n) is 9.32. The van der Waals surface area contributed by atoms with Gasteiger partial charge < -0.3 is 21.4 Å². The van der Waals surface area contributed by atoms with E-state index >= 15 is 0 Å². The van der Waals surface area contributed by atoms with Crippen LogP contribution in [0.25, 0.3) is 21.0 Å². The first-order valence-corrected chi connectivity index (χ1v) is 12.7. The highest BCUT2D eigenvalue weighted by atomic mass is 32.1. The average molecular weight is 474 g/mol. The Labute approximate surface area is 203 Å². The molecule has 6 nitrogen and oxygen atoms in total. The van der Waals surface area contributed by atoms with Gasteiger partial charge in [-0.2, -0.15) is 0 Å². The van der Waals surface area contributed by atoms with Crippen molar-refractivity contribution in [1.82, 2.24) is 9.88 Å². The smallest absolute Gasteiger partial charge is 0.259 e. The minimum Gasteiger partial charge on any atom is -0.384 e. The summed E-state index contributed by atoms with van der Waals surface area (Å²) in [6.07, 6.45) is 4.92. The molecule has 1 amide bonds. The van der Waals surface area contributed by atoms with Crippen LogP contribution in [0.3, 0.4) is 0 Å². The van der Waals surface area contributed by atoms with Crippen molar-refractivity contribution in [1.29, 1.82) is 5.41 Å². The molecule has 0 unspecified atom stereocenters. The van der Waals surface area contributed by atoms with Crippen molar-refractivity contribution in [2.45, 2.75) is 51.1 Å². The number of carbonyl (C=O) groups excluding carboxylic acids is 1. The lowest BCUT2D eigenvalue weighted by atomic mass is 9.83. The molecule has 1 aliphatic rings. The van der Waals surface area contributed by atoms with Crippen LogP contribution in [0.5, 0.6) is 0 Å². The van der Waals surface area contributed by atoms with E-state index in [1.165, 1.54) is 22.4 Å². The van der Waals surface area contributed by atoms with E-state index < -0.39 is 0 Å². The molecule has 1 fully saturated rings. The van der Waals surface area contributed by atoms with Crippen LogP contribution < -0.4 is 16.8 Å². The summed E-state index contributed by atoms with van der Waals surface area (Å²) >= 11 is 1.51. The third kappa shape index (κ3) is 3.99. The van der Waals surface area contributed by atoms with Crippen molar-refractivity contribution >= 4 is 44.1 Å². The van der Waals surface area contributed by atoms with E-state index in [2.05, 4.69) is 41.1 Å². The van der Waals surface area contributed by atoms with Crippen molar-refractivity contribution in [2.75, 3.05) is 6.54 Å². The minimum absolute atomic E-state index is 0.0619. The van der Waals surface area contributed by atoms with E-state index in [-0.39, 0.29) is 17.3 Å². The highest BCUT2D eigenvalue weighted by molar-refractivity contribution is 7.21. The van der Waals surface area contributed by atoms with Crippen LogP contribution in [0.15, 0.2) is 48.5 Å². The number of primary amides is 1. The number of nitrogen functional groups attached to an aromatic ring is 1. The fraction of sp³-hybridized carbons (Fsp3) is 0.333. The Balaban J connectivity index is 1.47. The molecule has 34 heavy (non-hydrogen) atoms. The van der Waals surface area contributed by atoms with Crippen molar-refractivity contribution in [3.05, 3.63) is 70.2 Å². The van der Waals surface area contributed by atoms with E-state index in [4.69, 9.17) is 16.9 Å². The van der Waals surface area contributed by atoms with Gasteiger partial charge >= 0.3 is 0 Å². The van der Waals surface area contributed by atoms with Gasteiger partial charge in [-0.25, -0.2) is 0 Å². The number of nitrogens with two attached hydrogens (primary N) is 2. The highest BCUT2D eigenvalue weighted by Gasteiger charge is 2.35. The van der Waals surface area contributed by atoms with E-state index in [9.17, 15) is 4.79 Å². The number of nitrogens with one attached hydrogen (secondary N) is 2. The monoisotopic (exact) mass is 473 g/mol. The lowest BCUT2D eigenvalue weighted by Crippen LogP contribution is -2.42. The third-order valence-electron chi connectivity index (χ3n) is 7.25. The van der Waals surface area contributed by atoms with E-state index in [1.807, 2.05) is 24.3 Å². The fourth-order valence-electron chi connectivity index (χ4n) is 5.56. The molecule has 7 heteroatoms. The molecule has 1 saturated heterocycles. The van der Waals surface area contributed by atoms with Crippen LogP contribution >= 0.6 is 11.3 Å². The zero-order valence-electron chi connectivity index (χ0n) is 19.5. The van der Waals surface area contributed by atoms with Gasteiger partial charge in [0, 0.05) is 33.6 Å². The van der Waals surface area contributed by atoms with E-state index in [0.29, 0.717) is 4.88 Å². The van der Waals surface area contributed by atoms with Crippen LogP contribution in [0.1, 0.15) is 52.7 Å². The van der Waals surface area contributed by atoms with Gasteiger partial charge in [-0.3, -0.25) is 10.2 Å². The highest BCUT2D eigenvalue weighted by Crippen LogP contribution is 2.37. The predicted octanol–water partition coefficient (Wildman–Crippen LogP) is 4.56. The third-order valence-corrected chi connectivity index (χ3v) is 8.47. The molecule has 0 bridgehead atoms. The van der Waals surface area contributed by atoms with Crippen molar-refractivity contribution in [2.24, 2.45) is 11.5 Å². The zero-order chi connectivity index (χ0) is 23.9. The Morgan fingerprint density at radius 1 is 1.21 bits per heavy atom. The summed E-state index contributed by atoms with van der Waals surface area (Å²) in [5.74, 6) is -0.244. The summed E-state index contributed by atoms with van der Waals surface area (Å²) in [5.41, 5.74) is 15.7. The number of hydrogen-bond donors (Lipinski definition) is 4. The van der Waals surface area contributed by atoms with Crippen molar-refractivity contribution in [3.8, 4) is 0 Å². The molecule has 1 aliphatic heterocycles. The maximum absolute atomic E-state index is 12.3. The molecule has 6 N–H and O–H groups in total. The molecule has 0 radical (unpaired) electrons. The van der Waals surface area contributed by atoms with Crippen LogP contribution in [0.4, 0.5) is 0 Å². The number of carbonyl (C=O) groups is 1. The van der Waals surface area contributed by atoms with E-state index in [0.717, 1.165) is 71.9 Å². The second kappa shape index (κ2) is 8.89. The molecule has 3 heterocycles. The van der Waals surface area contributed by atoms with Gasteiger partial charge in [0.1, 0.15) is 5.84 Å². The molecular formula is C27H31N5OS. The summed E-state index contributed by atoms with van der Waals surface area (Å²) in [7, 11) is 0. The standard InChI is InChI=1S/C27H31N5OS/c1-2-32-19(14-17-8-9-18(25(28)29)15-22(17)32)10-12-27(11-5-13-31-27)16-21-20-6-3-4-7-23(20)34-24(21)26(30)33/h3-4,6-9,14-15,31H,2,5,10-13,16H2,1H3,(H3,28,29)(H2,30,33)/t27-/m1/s1. The second-order valence-corrected chi connectivity index (χ2v) is 10.4. The van der Waals surface area contributed by atoms with Crippen LogP contribution in [0.2, 0.25) is 0 Å². The summed E-state index contributed by atoms with van der Waals surface area (Å²) in [6, 6.07) is 16.5. The Kier molecular flexibility index (Phi) is 5.91. The average Bonchev–Trinajstić information content (AvgIpc) is 3.53. The Morgan fingerprint density at radius 2 is 2.03 bits per heavy atom. The number of aryl methyl sites for hydroxylation is 2. The fourth-order valence-corrected chi connectivity index (χ4v) is 6.63. The number of benzene rings is 2. The normalized spacial score (nSPS) is 18.1. The first-order chi connectivity index (χ1) is 16.4. The number of aromatic nitrogens is 1. The van der Waals surface area contributed by atoms with Gasteiger partial charge in [-0.1, -0.05) is 30.3 Å². The maximum atomic E-state index is 12.3. The first kappa shape index (κ1) is 22.6. The first-order valence-electron chi connectivity index (χ1n) is 11.9. The Bertz CT molecular complexity index is 1390. The SMILES string of the molecule is CCn1c(CC[C@@]2(Cc3c(C(N)=O)sc4ccccc34)CCCN2)cc2ccc(C(=N)N)cc21. The molecule has 2 aromatic heterocycles. The number of amidine groups is 1. The summed E-state index contributed by atoms with van der Waals surface area (Å²) in [6.45, 7) is 4.01. The van der Waals surface area contributed by atoms with Gasteiger partial charge in [0.25, 0.3) is 5.91 Å². The Hall–Kier alpha value is -3.16. The molecule has 176 valence electrons. The number of nitrogens with zero attached hydrogens (tertiary/aromatic N) is 1. The largest absolute Gasteiger partial charge is 0.384 e. The molecule has 1 atom stereocenters. The number of hydrogen-bond acceptors (Lipinski definition) is 4. The van der Waals surface area contributed by atoms with Crippen LogP contribution in [-0.2, 0) is 19.4 Å². The summed E-state index contributed by atoms with van der Waals surface area (Å²) in [4.78, 5) is 13.0. The van der Waals surface area contributed by atoms with Gasteiger partial charge in [-0.15, -0.1) is 11.3 Å². The van der Waals surface area contributed by atoms with Crippen molar-refractivity contribution < 1.29 is 4.79 Å². The number of thiophene rings is 1. The molecule has 0 spiro atoms. The summed E-state index contributed by atoms with van der Waals surface area (Å²) in [5, 5.41) is 13.9. The topological polar surface area (TPSA) is 110 Å². The maximum Gasteiger partial charge on any atom is 0.259 e. The number of rotatable bonds is 8. The quantitative estimate of drug-likeness (QED) is 0.222. The lowest BCUT2D eigenvalue weighted by Gasteiger charge is -2.30. The molecular weight excluding hydrogens is 442 g/mol. The minimum atomic E-state index is -0.336. The predicted molar refractivity (Wildman–Crippen MR) is 141 cm³/mol. The van der Waals surface area contributed by atoms with Gasteiger partial charge in [-0.05, 0) is 80.1 Å². The number of fused-ring (bicyclic) bond motifs is 2. The van der Waals surface area contributed by atoms with Crippen LogP contribution in [-0.4, -0.2) is 28.4 Å². The van der Waals surface area contributed by atoms with Gasteiger partial charge in [0.15, 0.2) is 0 Å². The van der Waals surface area contributed by atoms with Gasteiger partial charge in [0.05, 0.1) is 4.88 Å². The molecule has 4 aromatic rings. The Morgan fingerprint density at radius 3 is 2.74 bits per heavy atom. The van der Waals surface area contributed by atoms with E-state index in [1.54, 1.807) is 0 Å². The molecule has 2 aromatic carbocycles. The van der Waals surface area contributed by atoms with Crippen molar-refractivity contribution in [3.63, 3.8) is 0 Å². The summed E-state index contributed by atoms with van der Waals surface area (Å²) < 4.78 is 3.45. The molecule has 0 aliphatic carbocycles. The van der Waals surface area contributed by atoms with Crippen LogP contribution in [0, 0.1) is 5.41 Å². The molecule has 5 rings (SSSR count). The van der Waals surface area contributed by atoms with Gasteiger partial charge in [0.2, 0.25) is 0 Å². The molecule has 0 saturated carbocycles.